The first kappa shape index (κ1) is 19.3. The summed E-state index contributed by atoms with van der Waals surface area (Å²) >= 11 is 0. The molecule has 1 aliphatic rings. The SMILES string of the molecule is COc1ccc2ccccc2c1C[NH+]1CCN(C(=O)COc2ccccc2)CC1. The van der Waals surface area contributed by atoms with Gasteiger partial charge < -0.3 is 19.3 Å². The minimum atomic E-state index is 0.0515. The number of carbonyl (C=O) groups is 1. The molecule has 0 bridgehead atoms. The van der Waals surface area contributed by atoms with Gasteiger partial charge in [0, 0.05) is 0 Å². The average Bonchev–Trinajstić information content (AvgIpc) is 2.79. The Kier molecular flexibility index (Phi) is 5.96. The Morgan fingerprint density at radius 1 is 0.966 bits per heavy atom. The van der Waals surface area contributed by atoms with Crippen LogP contribution < -0.4 is 14.4 Å². The average molecular weight is 391 g/mol. The van der Waals surface area contributed by atoms with Gasteiger partial charge in [-0.1, -0.05) is 48.5 Å². The van der Waals surface area contributed by atoms with E-state index in [1.807, 2.05) is 35.2 Å². The summed E-state index contributed by atoms with van der Waals surface area (Å²) in [6.07, 6.45) is 0. The molecule has 4 rings (SSSR count). The maximum Gasteiger partial charge on any atom is 0.260 e. The Bertz CT molecular complexity index is 966. The number of para-hydroxylation sites is 1. The van der Waals surface area contributed by atoms with Crippen LogP contribution in [0.4, 0.5) is 0 Å². The van der Waals surface area contributed by atoms with Crippen molar-refractivity contribution in [3.63, 3.8) is 0 Å². The highest BCUT2D eigenvalue weighted by atomic mass is 16.5. The van der Waals surface area contributed by atoms with Crippen LogP contribution in [0.2, 0.25) is 0 Å². The molecule has 0 unspecified atom stereocenters. The monoisotopic (exact) mass is 391 g/mol. The van der Waals surface area contributed by atoms with Gasteiger partial charge in [0.25, 0.3) is 5.91 Å². The van der Waals surface area contributed by atoms with E-state index in [-0.39, 0.29) is 12.5 Å². The van der Waals surface area contributed by atoms with Crippen LogP contribution in [0.15, 0.2) is 66.7 Å². The van der Waals surface area contributed by atoms with Gasteiger partial charge in [-0.2, -0.15) is 0 Å². The molecule has 0 spiro atoms. The normalized spacial score (nSPS) is 14.7. The molecule has 150 valence electrons. The van der Waals surface area contributed by atoms with E-state index in [0.29, 0.717) is 0 Å². The van der Waals surface area contributed by atoms with Crippen LogP contribution in [0.1, 0.15) is 5.56 Å². The summed E-state index contributed by atoms with van der Waals surface area (Å²) in [5.74, 6) is 1.72. The number of rotatable bonds is 6. The third kappa shape index (κ3) is 4.51. The van der Waals surface area contributed by atoms with Crippen molar-refractivity contribution < 1.29 is 19.2 Å². The molecular formula is C24H27N2O3+. The third-order valence-corrected chi connectivity index (χ3v) is 5.57. The summed E-state index contributed by atoms with van der Waals surface area (Å²) in [6.45, 7) is 4.33. The molecular weight excluding hydrogens is 364 g/mol. The zero-order valence-corrected chi connectivity index (χ0v) is 16.8. The van der Waals surface area contributed by atoms with Crippen molar-refractivity contribution in [2.24, 2.45) is 0 Å². The molecule has 29 heavy (non-hydrogen) atoms. The first-order valence-corrected chi connectivity index (χ1v) is 10.1. The highest BCUT2D eigenvalue weighted by molar-refractivity contribution is 5.87. The first-order valence-electron chi connectivity index (χ1n) is 10.1. The zero-order valence-electron chi connectivity index (χ0n) is 16.8. The summed E-state index contributed by atoms with van der Waals surface area (Å²) in [4.78, 5) is 15.9. The van der Waals surface area contributed by atoms with Crippen molar-refractivity contribution in [3.8, 4) is 11.5 Å². The van der Waals surface area contributed by atoms with Gasteiger partial charge in [-0.3, -0.25) is 4.79 Å². The number of benzene rings is 3. The van der Waals surface area contributed by atoms with Gasteiger partial charge in [-0.15, -0.1) is 0 Å². The Morgan fingerprint density at radius 3 is 2.45 bits per heavy atom. The summed E-state index contributed by atoms with van der Waals surface area (Å²) in [6, 6.07) is 22.1. The number of hydrogen-bond donors (Lipinski definition) is 1. The fraction of sp³-hybridized carbons (Fsp3) is 0.292. The third-order valence-electron chi connectivity index (χ3n) is 5.57. The molecule has 0 aromatic heterocycles. The fourth-order valence-electron chi connectivity index (χ4n) is 3.94. The molecule has 1 N–H and O–H groups in total. The number of fused-ring (bicyclic) bond motifs is 1. The Labute approximate surface area is 171 Å². The van der Waals surface area contributed by atoms with E-state index in [9.17, 15) is 4.79 Å². The Morgan fingerprint density at radius 2 is 1.69 bits per heavy atom. The number of nitrogens with zero attached hydrogens (tertiary/aromatic N) is 1. The summed E-state index contributed by atoms with van der Waals surface area (Å²) < 4.78 is 11.2. The van der Waals surface area contributed by atoms with E-state index in [2.05, 4.69) is 36.4 Å². The molecule has 0 aliphatic carbocycles. The topological polar surface area (TPSA) is 43.2 Å². The van der Waals surface area contributed by atoms with Crippen molar-refractivity contribution in [2.45, 2.75) is 6.54 Å². The fourth-order valence-corrected chi connectivity index (χ4v) is 3.94. The molecule has 1 heterocycles. The lowest BCUT2D eigenvalue weighted by atomic mass is 10.0. The van der Waals surface area contributed by atoms with Crippen LogP contribution in [-0.4, -0.2) is 50.7 Å². The van der Waals surface area contributed by atoms with Gasteiger partial charge in [0.15, 0.2) is 6.61 Å². The van der Waals surface area contributed by atoms with E-state index in [0.717, 1.165) is 44.2 Å². The van der Waals surface area contributed by atoms with Gasteiger partial charge in [0.2, 0.25) is 0 Å². The van der Waals surface area contributed by atoms with Crippen LogP contribution >= 0.6 is 0 Å². The molecule has 1 amide bonds. The number of carbonyl (C=O) groups excluding carboxylic acids is 1. The van der Waals surface area contributed by atoms with E-state index in [4.69, 9.17) is 9.47 Å². The van der Waals surface area contributed by atoms with Crippen LogP contribution in [-0.2, 0) is 11.3 Å². The molecule has 5 heteroatoms. The smallest absolute Gasteiger partial charge is 0.260 e. The standard InChI is InChI=1S/C24H26N2O3/c1-28-23-12-11-19-7-5-6-10-21(19)22(23)17-25-13-15-26(16-14-25)24(27)18-29-20-8-3-2-4-9-20/h2-12H,13-18H2,1H3/p+1. The number of ether oxygens (including phenoxy) is 2. The van der Waals surface area contributed by atoms with E-state index >= 15 is 0 Å². The zero-order chi connectivity index (χ0) is 20.1. The molecule has 1 saturated heterocycles. The summed E-state index contributed by atoms with van der Waals surface area (Å²) in [5.41, 5.74) is 1.24. The molecule has 1 aliphatic heterocycles. The van der Waals surface area contributed by atoms with Crippen molar-refractivity contribution >= 4 is 16.7 Å². The number of hydrogen-bond acceptors (Lipinski definition) is 3. The highest BCUT2D eigenvalue weighted by Crippen LogP contribution is 2.27. The van der Waals surface area contributed by atoms with Crippen LogP contribution in [0.25, 0.3) is 10.8 Å². The number of nitrogens with one attached hydrogen (secondary N) is 1. The van der Waals surface area contributed by atoms with Crippen molar-refractivity contribution in [2.75, 3.05) is 39.9 Å². The molecule has 3 aromatic rings. The van der Waals surface area contributed by atoms with E-state index in [1.165, 1.54) is 21.2 Å². The predicted molar refractivity (Wildman–Crippen MR) is 113 cm³/mol. The quantitative estimate of drug-likeness (QED) is 0.700. The number of quaternary nitrogens is 1. The number of methoxy groups -OCH3 is 1. The molecule has 0 radical (unpaired) electrons. The number of piperazine rings is 1. The second kappa shape index (κ2) is 8.97. The van der Waals surface area contributed by atoms with Crippen molar-refractivity contribution in [1.29, 1.82) is 0 Å². The van der Waals surface area contributed by atoms with E-state index < -0.39 is 0 Å². The second-order valence-electron chi connectivity index (χ2n) is 7.38. The lowest BCUT2D eigenvalue weighted by Gasteiger charge is -2.32. The molecule has 5 nitrogen and oxygen atoms in total. The lowest BCUT2D eigenvalue weighted by Crippen LogP contribution is -3.13. The van der Waals surface area contributed by atoms with Crippen LogP contribution in [0, 0.1) is 0 Å². The molecule has 0 saturated carbocycles. The molecule has 1 fully saturated rings. The Hall–Kier alpha value is -3.05. The molecule has 0 atom stereocenters. The number of amides is 1. The first-order chi connectivity index (χ1) is 14.2. The maximum absolute atomic E-state index is 12.5. The van der Waals surface area contributed by atoms with Gasteiger partial charge in [0.1, 0.15) is 18.0 Å². The minimum Gasteiger partial charge on any atom is -0.496 e. The lowest BCUT2D eigenvalue weighted by molar-refractivity contribution is -0.917. The largest absolute Gasteiger partial charge is 0.496 e. The van der Waals surface area contributed by atoms with Crippen LogP contribution in [0.5, 0.6) is 11.5 Å². The summed E-state index contributed by atoms with van der Waals surface area (Å²) in [5, 5.41) is 2.48. The van der Waals surface area contributed by atoms with Gasteiger partial charge in [-0.05, 0) is 29.0 Å². The predicted octanol–water partition coefficient (Wildman–Crippen LogP) is 2.15. The van der Waals surface area contributed by atoms with Crippen molar-refractivity contribution in [1.82, 2.24) is 4.90 Å². The van der Waals surface area contributed by atoms with Gasteiger partial charge in [-0.25, -0.2) is 0 Å². The van der Waals surface area contributed by atoms with Gasteiger partial charge >= 0.3 is 0 Å². The summed E-state index contributed by atoms with van der Waals surface area (Å²) in [7, 11) is 1.73. The van der Waals surface area contributed by atoms with Crippen LogP contribution in [0.3, 0.4) is 0 Å². The maximum atomic E-state index is 12.5. The van der Waals surface area contributed by atoms with Gasteiger partial charge in [0.05, 0.1) is 38.9 Å². The van der Waals surface area contributed by atoms with Crippen molar-refractivity contribution in [3.05, 3.63) is 72.3 Å². The van der Waals surface area contributed by atoms with E-state index in [1.54, 1.807) is 7.11 Å². The Balaban J connectivity index is 1.36. The highest BCUT2D eigenvalue weighted by Gasteiger charge is 2.25. The second-order valence-corrected chi connectivity index (χ2v) is 7.38. The minimum absolute atomic E-state index is 0.0515. The molecule has 3 aromatic carbocycles.